The minimum atomic E-state index is -0.0394. The average molecular weight is 310 g/mol. The summed E-state index contributed by atoms with van der Waals surface area (Å²) in [6.45, 7) is 10.8. The van der Waals surface area contributed by atoms with Gasteiger partial charge in [0.2, 0.25) is 5.91 Å². The lowest BCUT2D eigenvalue weighted by molar-refractivity contribution is -0.114. The molecule has 0 heterocycles. The Labute approximate surface area is 139 Å². The van der Waals surface area contributed by atoms with Crippen molar-refractivity contribution in [3.63, 3.8) is 0 Å². The summed E-state index contributed by atoms with van der Waals surface area (Å²) in [5.41, 5.74) is 5.41. The SMILES string of the molecule is Cc1cccc(NC(=O)CNc2ccccc2C(C)(C)C)c1C. The van der Waals surface area contributed by atoms with Crippen LogP contribution in [0, 0.1) is 13.8 Å². The number of carbonyl (C=O) groups excluding carboxylic acids is 1. The number of benzene rings is 2. The van der Waals surface area contributed by atoms with E-state index in [0.29, 0.717) is 0 Å². The molecule has 2 aromatic rings. The highest BCUT2D eigenvalue weighted by molar-refractivity contribution is 5.94. The third kappa shape index (κ3) is 4.35. The number of carbonyl (C=O) groups is 1. The fourth-order valence-corrected chi connectivity index (χ4v) is 2.55. The molecular weight excluding hydrogens is 284 g/mol. The number of hydrogen-bond donors (Lipinski definition) is 2. The minimum Gasteiger partial charge on any atom is -0.376 e. The second-order valence-corrected chi connectivity index (χ2v) is 6.94. The lowest BCUT2D eigenvalue weighted by Gasteiger charge is -2.23. The Morgan fingerprint density at radius 2 is 1.61 bits per heavy atom. The summed E-state index contributed by atoms with van der Waals surface area (Å²) in [5.74, 6) is -0.0394. The Bertz CT molecular complexity index is 699. The molecule has 0 radical (unpaired) electrons. The minimum absolute atomic E-state index is 0.0349. The molecule has 0 aliphatic carbocycles. The number of aryl methyl sites for hydroxylation is 1. The van der Waals surface area contributed by atoms with Crippen LogP contribution in [0.2, 0.25) is 0 Å². The summed E-state index contributed by atoms with van der Waals surface area (Å²) in [7, 11) is 0. The summed E-state index contributed by atoms with van der Waals surface area (Å²) in [6.07, 6.45) is 0. The molecule has 0 aliphatic heterocycles. The van der Waals surface area contributed by atoms with Crippen LogP contribution in [0.4, 0.5) is 11.4 Å². The fraction of sp³-hybridized carbons (Fsp3) is 0.350. The average Bonchev–Trinajstić information content (AvgIpc) is 2.49. The molecule has 0 saturated heterocycles. The molecule has 0 fully saturated rings. The van der Waals surface area contributed by atoms with Gasteiger partial charge in [-0.25, -0.2) is 0 Å². The maximum Gasteiger partial charge on any atom is 0.243 e. The molecule has 2 aromatic carbocycles. The summed E-state index contributed by atoms with van der Waals surface area (Å²) in [6, 6.07) is 14.1. The monoisotopic (exact) mass is 310 g/mol. The number of amides is 1. The van der Waals surface area contributed by atoms with Gasteiger partial charge >= 0.3 is 0 Å². The summed E-state index contributed by atoms with van der Waals surface area (Å²) < 4.78 is 0. The lowest BCUT2D eigenvalue weighted by atomic mass is 9.86. The van der Waals surface area contributed by atoms with Crippen molar-refractivity contribution >= 4 is 17.3 Å². The molecule has 1 amide bonds. The lowest BCUT2D eigenvalue weighted by Crippen LogP contribution is -2.24. The van der Waals surface area contributed by atoms with E-state index >= 15 is 0 Å². The number of nitrogens with one attached hydrogen (secondary N) is 2. The standard InChI is InChI=1S/C20H26N2O/c1-14-9-8-12-17(15(14)2)22-19(23)13-21-18-11-7-6-10-16(18)20(3,4)5/h6-12,21H,13H2,1-5H3,(H,22,23). The topological polar surface area (TPSA) is 41.1 Å². The smallest absolute Gasteiger partial charge is 0.243 e. The van der Waals surface area contributed by atoms with Crippen molar-refractivity contribution < 1.29 is 4.79 Å². The Kier molecular flexibility index (Phi) is 5.09. The van der Waals surface area contributed by atoms with Gasteiger partial charge < -0.3 is 10.6 Å². The Morgan fingerprint density at radius 1 is 0.957 bits per heavy atom. The van der Waals surface area contributed by atoms with Gasteiger partial charge in [0.1, 0.15) is 0 Å². The fourth-order valence-electron chi connectivity index (χ4n) is 2.55. The van der Waals surface area contributed by atoms with Gasteiger partial charge in [0, 0.05) is 11.4 Å². The number of rotatable bonds is 4. The van der Waals surface area contributed by atoms with Crippen LogP contribution in [-0.4, -0.2) is 12.5 Å². The zero-order valence-corrected chi connectivity index (χ0v) is 14.7. The van der Waals surface area contributed by atoms with Crippen LogP contribution in [0.25, 0.3) is 0 Å². The third-order valence-corrected chi connectivity index (χ3v) is 4.05. The summed E-state index contributed by atoms with van der Waals surface area (Å²) >= 11 is 0. The van der Waals surface area contributed by atoms with Crippen LogP contribution in [-0.2, 0) is 10.2 Å². The molecular formula is C20H26N2O. The second-order valence-electron chi connectivity index (χ2n) is 6.94. The zero-order valence-electron chi connectivity index (χ0n) is 14.7. The van der Waals surface area contributed by atoms with Gasteiger partial charge in [0.05, 0.1) is 6.54 Å². The van der Waals surface area contributed by atoms with Gasteiger partial charge in [-0.05, 0) is 48.1 Å². The van der Waals surface area contributed by atoms with E-state index in [1.807, 2.05) is 50.2 Å². The number of para-hydroxylation sites is 1. The van der Waals surface area contributed by atoms with E-state index in [4.69, 9.17) is 0 Å². The molecule has 0 aliphatic rings. The van der Waals surface area contributed by atoms with Crippen molar-refractivity contribution in [2.24, 2.45) is 0 Å². The van der Waals surface area contributed by atoms with E-state index in [-0.39, 0.29) is 17.9 Å². The molecule has 122 valence electrons. The Morgan fingerprint density at radius 3 is 2.30 bits per heavy atom. The van der Waals surface area contributed by atoms with E-state index in [1.165, 1.54) is 11.1 Å². The molecule has 3 heteroatoms. The van der Waals surface area contributed by atoms with E-state index in [0.717, 1.165) is 16.9 Å². The number of anilines is 2. The molecule has 3 nitrogen and oxygen atoms in total. The molecule has 0 saturated carbocycles. The largest absolute Gasteiger partial charge is 0.376 e. The first-order valence-corrected chi connectivity index (χ1v) is 7.98. The highest BCUT2D eigenvalue weighted by atomic mass is 16.1. The molecule has 0 bridgehead atoms. The molecule has 23 heavy (non-hydrogen) atoms. The van der Waals surface area contributed by atoms with Crippen molar-refractivity contribution in [3.8, 4) is 0 Å². The maximum absolute atomic E-state index is 12.2. The van der Waals surface area contributed by atoms with Crippen LogP contribution in [0.5, 0.6) is 0 Å². The van der Waals surface area contributed by atoms with Gasteiger partial charge in [-0.2, -0.15) is 0 Å². The predicted molar refractivity (Wildman–Crippen MR) is 98.2 cm³/mol. The first-order chi connectivity index (χ1) is 10.8. The molecule has 0 atom stereocenters. The Hall–Kier alpha value is -2.29. The molecule has 2 rings (SSSR count). The maximum atomic E-state index is 12.2. The molecule has 0 unspecified atom stereocenters. The van der Waals surface area contributed by atoms with Crippen LogP contribution in [0.3, 0.4) is 0 Å². The van der Waals surface area contributed by atoms with Gasteiger partial charge in [-0.15, -0.1) is 0 Å². The molecule has 2 N–H and O–H groups in total. The molecule has 0 aromatic heterocycles. The van der Waals surface area contributed by atoms with E-state index < -0.39 is 0 Å². The summed E-state index contributed by atoms with van der Waals surface area (Å²) in [5, 5.41) is 6.24. The van der Waals surface area contributed by atoms with Crippen molar-refractivity contribution in [1.82, 2.24) is 0 Å². The van der Waals surface area contributed by atoms with Crippen LogP contribution < -0.4 is 10.6 Å². The zero-order chi connectivity index (χ0) is 17.0. The second kappa shape index (κ2) is 6.86. The highest BCUT2D eigenvalue weighted by Crippen LogP contribution is 2.29. The van der Waals surface area contributed by atoms with Crippen molar-refractivity contribution in [2.75, 3.05) is 17.2 Å². The van der Waals surface area contributed by atoms with E-state index in [2.05, 4.69) is 37.5 Å². The van der Waals surface area contributed by atoms with Gasteiger partial charge in [-0.1, -0.05) is 51.1 Å². The van der Waals surface area contributed by atoms with Gasteiger partial charge in [-0.3, -0.25) is 4.79 Å². The van der Waals surface area contributed by atoms with E-state index in [1.54, 1.807) is 0 Å². The summed E-state index contributed by atoms with van der Waals surface area (Å²) in [4.78, 5) is 12.2. The normalized spacial score (nSPS) is 11.2. The first-order valence-electron chi connectivity index (χ1n) is 7.98. The highest BCUT2D eigenvalue weighted by Gasteiger charge is 2.17. The van der Waals surface area contributed by atoms with Crippen LogP contribution >= 0.6 is 0 Å². The van der Waals surface area contributed by atoms with Crippen molar-refractivity contribution in [1.29, 1.82) is 0 Å². The van der Waals surface area contributed by atoms with Crippen molar-refractivity contribution in [3.05, 3.63) is 59.2 Å². The first kappa shape index (κ1) is 17.1. The third-order valence-electron chi connectivity index (χ3n) is 4.05. The quantitative estimate of drug-likeness (QED) is 0.863. The molecule has 0 spiro atoms. The van der Waals surface area contributed by atoms with Gasteiger partial charge in [0.25, 0.3) is 0 Å². The number of hydrogen-bond acceptors (Lipinski definition) is 2. The van der Waals surface area contributed by atoms with Gasteiger partial charge in [0.15, 0.2) is 0 Å². The van der Waals surface area contributed by atoms with E-state index in [9.17, 15) is 4.79 Å². The van der Waals surface area contributed by atoms with Crippen LogP contribution in [0.1, 0.15) is 37.5 Å². The van der Waals surface area contributed by atoms with Crippen molar-refractivity contribution in [2.45, 2.75) is 40.0 Å². The predicted octanol–water partition coefficient (Wildman–Crippen LogP) is 4.65. The van der Waals surface area contributed by atoms with Crippen LogP contribution in [0.15, 0.2) is 42.5 Å². The Balaban J connectivity index is 2.04.